The van der Waals surface area contributed by atoms with Crippen LogP contribution in [0.5, 0.6) is 17.2 Å². The van der Waals surface area contributed by atoms with Crippen LogP contribution in [0, 0.1) is 0 Å². The molecule has 3 aromatic carbocycles. The Labute approximate surface area is 198 Å². The summed E-state index contributed by atoms with van der Waals surface area (Å²) in [7, 11) is 0. The number of hydrogen-bond donors (Lipinski definition) is 2. The molecule has 3 rings (SSSR count). The van der Waals surface area contributed by atoms with Gasteiger partial charge in [-0.3, -0.25) is 0 Å². The van der Waals surface area contributed by atoms with E-state index >= 15 is 0 Å². The highest BCUT2D eigenvalue weighted by atomic mass is 16.5. The van der Waals surface area contributed by atoms with Crippen molar-refractivity contribution < 1.29 is 9.47 Å². The normalized spacial score (nSPS) is 11.6. The highest BCUT2D eigenvalue weighted by Gasteiger charge is 2.23. The van der Waals surface area contributed by atoms with Crippen molar-refractivity contribution >= 4 is 5.69 Å². The number of benzene rings is 3. The van der Waals surface area contributed by atoms with E-state index in [1.54, 1.807) is 0 Å². The second-order valence-electron chi connectivity index (χ2n) is 7.78. The molecule has 0 aliphatic heterocycles. The van der Waals surface area contributed by atoms with Gasteiger partial charge in [0.25, 0.3) is 0 Å². The molecule has 4 N–H and O–H groups in total. The molecule has 0 unspecified atom stereocenters. The van der Waals surface area contributed by atoms with Crippen molar-refractivity contribution in [3.63, 3.8) is 0 Å². The van der Waals surface area contributed by atoms with Gasteiger partial charge in [-0.2, -0.15) is 0 Å². The van der Waals surface area contributed by atoms with Crippen LogP contribution in [0.25, 0.3) is 0 Å². The van der Waals surface area contributed by atoms with E-state index in [0.29, 0.717) is 6.54 Å². The van der Waals surface area contributed by atoms with Crippen LogP contribution in [-0.2, 0) is 5.41 Å². The Balaban J connectivity index is 0.00000187. The molecule has 3 aromatic rings. The van der Waals surface area contributed by atoms with Gasteiger partial charge >= 0.3 is 0 Å². The van der Waals surface area contributed by atoms with Crippen molar-refractivity contribution in [2.24, 2.45) is 5.73 Å². The van der Waals surface area contributed by atoms with Crippen LogP contribution >= 0.6 is 0 Å². The van der Waals surface area contributed by atoms with Crippen molar-refractivity contribution in [3.05, 3.63) is 108 Å². The fourth-order valence-electron chi connectivity index (χ4n) is 3.23. The Morgan fingerprint density at radius 2 is 1.24 bits per heavy atom. The minimum Gasteiger partial charge on any atom is -0.458 e. The highest BCUT2D eigenvalue weighted by molar-refractivity contribution is 5.45. The molecule has 0 saturated heterocycles. The van der Waals surface area contributed by atoms with Gasteiger partial charge in [0.05, 0.1) is 0 Å². The summed E-state index contributed by atoms with van der Waals surface area (Å²) in [6.45, 7) is 10.8. The van der Waals surface area contributed by atoms with Gasteiger partial charge in [0.2, 0.25) is 0 Å². The average Bonchev–Trinajstić information content (AvgIpc) is 2.85. The molecule has 174 valence electrons. The first-order chi connectivity index (χ1) is 15.9. The zero-order valence-corrected chi connectivity index (χ0v) is 20.3. The lowest BCUT2D eigenvalue weighted by Crippen LogP contribution is -2.18. The summed E-state index contributed by atoms with van der Waals surface area (Å²) >= 11 is 0. The van der Waals surface area contributed by atoms with Gasteiger partial charge < -0.3 is 20.9 Å². The van der Waals surface area contributed by atoms with E-state index in [2.05, 4.69) is 38.1 Å². The van der Waals surface area contributed by atoms with Gasteiger partial charge in [-0.15, -0.1) is 0 Å². The van der Waals surface area contributed by atoms with E-state index in [1.165, 1.54) is 11.1 Å². The second kappa shape index (κ2) is 12.5. The van der Waals surface area contributed by atoms with Gasteiger partial charge in [-0.05, 0) is 78.7 Å². The summed E-state index contributed by atoms with van der Waals surface area (Å²) in [6.07, 6.45) is 5.66. The van der Waals surface area contributed by atoms with E-state index in [1.807, 2.05) is 87.5 Å². The lowest BCUT2D eigenvalue weighted by molar-refractivity contribution is 0.442. The number of anilines is 1. The Bertz CT molecular complexity index is 1030. The molecule has 0 aliphatic rings. The number of allylic oxidation sites excluding steroid dienone is 2. The maximum Gasteiger partial charge on any atom is 0.127 e. The Morgan fingerprint density at radius 3 is 1.70 bits per heavy atom. The minimum atomic E-state index is -0.166. The lowest BCUT2D eigenvalue weighted by Gasteiger charge is -2.26. The van der Waals surface area contributed by atoms with Crippen LogP contribution in [-0.4, -0.2) is 6.54 Å². The topological polar surface area (TPSA) is 70.5 Å². The number of hydrogen-bond acceptors (Lipinski definition) is 4. The Morgan fingerprint density at radius 1 is 0.788 bits per heavy atom. The van der Waals surface area contributed by atoms with E-state index in [4.69, 9.17) is 20.9 Å². The smallest absolute Gasteiger partial charge is 0.127 e. The van der Waals surface area contributed by atoms with Crippen LogP contribution in [0.15, 0.2) is 96.8 Å². The zero-order chi connectivity index (χ0) is 24.3. The summed E-state index contributed by atoms with van der Waals surface area (Å²) in [5, 5.41) is 0. The predicted molar refractivity (Wildman–Crippen MR) is 140 cm³/mol. The van der Waals surface area contributed by atoms with E-state index in [0.717, 1.165) is 28.7 Å². The maximum atomic E-state index is 5.91. The van der Waals surface area contributed by atoms with E-state index in [9.17, 15) is 0 Å². The lowest BCUT2D eigenvalue weighted by atomic mass is 9.78. The van der Waals surface area contributed by atoms with Crippen LogP contribution in [0.4, 0.5) is 5.69 Å². The molecule has 0 bridgehead atoms. The second-order valence-corrected chi connectivity index (χ2v) is 7.78. The summed E-state index contributed by atoms with van der Waals surface area (Å²) < 4.78 is 11.8. The van der Waals surface area contributed by atoms with Crippen LogP contribution in [0.1, 0.15) is 45.7 Å². The van der Waals surface area contributed by atoms with Crippen molar-refractivity contribution in [1.82, 2.24) is 0 Å². The fraction of sp³-hybridized carbons (Fsp3) is 0.241. The molecule has 0 heterocycles. The SMILES string of the molecule is C/C=C(\C=C/CN)Oc1ccc(C(C)(C)c2ccc(Oc3ccc(N)cc3)cc2)cc1.CC. The monoisotopic (exact) mass is 444 g/mol. The summed E-state index contributed by atoms with van der Waals surface area (Å²) in [4.78, 5) is 0. The molecule has 0 aromatic heterocycles. The minimum absolute atomic E-state index is 0.166. The standard InChI is InChI=1S/C27H30N2O2.C2H6/c1-4-23(6-5-19-28)30-24-13-7-20(8-14-24)27(2,3)21-9-15-25(16-10-21)31-26-17-11-22(29)12-18-26;1-2/h4-18H,19,28-29H2,1-3H3;1-2H3/b6-5-,23-4+;. The molecule has 4 heteroatoms. The van der Waals surface area contributed by atoms with E-state index < -0.39 is 0 Å². The highest BCUT2D eigenvalue weighted by Crippen LogP contribution is 2.34. The largest absolute Gasteiger partial charge is 0.458 e. The molecule has 0 spiro atoms. The zero-order valence-electron chi connectivity index (χ0n) is 20.3. The van der Waals surface area contributed by atoms with Crippen molar-refractivity contribution in [2.45, 2.75) is 40.0 Å². The molecule has 0 atom stereocenters. The predicted octanol–water partition coefficient (Wildman–Crippen LogP) is 7.21. The first-order valence-electron chi connectivity index (χ1n) is 11.4. The number of ether oxygens (including phenoxy) is 2. The third kappa shape index (κ3) is 7.26. The quantitative estimate of drug-likeness (QED) is 0.219. The Hall–Kier alpha value is -3.50. The van der Waals surface area contributed by atoms with Crippen LogP contribution in [0.2, 0.25) is 0 Å². The van der Waals surface area contributed by atoms with Crippen molar-refractivity contribution in [1.29, 1.82) is 0 Å². The van der Waals surface area contributed by atoms with Gasteiger partial charge in [0.15, 0.2) is 0 Å². The van der Waals surface area contributed by atoms with E-state index in [-0.39, 0.29) is 5.41 Å². The first kappa shape index (κ1) is 25.8. The number of nitrogen functional groups attached to an aromatic ring is 1. The summed E-state index contributed by atoms with van der Waals surface area (Å²) in [6, 6.07) is 23.8. The molecule has 4 nitrogen and oxygen atoms in total. The van der Waals surface area contributed by atoms with Crippen molar-refractivity contribution in [2.75, 3.05) is 12.3 Å². The molecular formula is C29H36N2O2. The van der Waals surface area contributed by atoms with Gasteiger partial charge in [0.1, 0.15) is 23.0 Å². The molecule has 0 fully saturated rings. The van der Waals surface area contributed by atoms with Crippen molar-refractivity contribution in [3.8, 4) is 17.2 Å². The first-order valence-corrected chi connectivity index (χ1v) is 11.4. The molecular weight excluding hydrogens is 408 g/mol. The van der Waals surface area contributed by atoms with Crippen LogP contribution < -0.4 is 20.9 Å². The summed E-state index contributed by atoms with van der Waals surface area (Å²) in [5.41, 5.74) is 14.2. The molecule has 0 amide bonds. The molecule has 0 saturated carbocycles. The fourth-order valence-corrected chi connectivity index (χ4v) is 3.23. The van der Waals surface area contributed by atoms with Gasteiger partial charge in [0, 0.05) is 17.6 Å². The summed E-state index contributed by atoms with van der Waals surface area (Å²) in [5.74, 6) is 3.12. The number of rotatable bonds is 8. The molecule has 0 aliphatic carbocycles. The maximum absolute atomic E-state index is 5.91. The van der Waals surface area contributed by atoms with Crippen LogP contribution in [0.3, 0.4) is 0 Å². The molecule has 33 heavy (non-hydrogen) atoms. The third-order valence-electron chi connectivity index (χ3n) is 5.21. The Kier molecular flexibility index (Phi) is 9.77. The average molecular weight is 445 g/mol. The third-order valence-corrected chi connectivity index (χ3v) is 5.21. The van der Waals surface area contributed by atoms with Gasteiger partial charge in [-0.25, -0.2) is 0 Å². The number of nitrogens with two attached hydrogens (primary N) is 2. The van der Waals surface area contributed by atoms with Gasteiger partial charge in [-0.1, -0.05) is 58.0 Å². The molecule has 0 radical (unpaired) electrons.